The van der Waals surface area contributed by atoms with Gasteiger partial charge in [-0.2, -0.15) is 0 Å². The maximum Gasteiger partial charge on any atom is 0.279 e. The van der Waals surface area contributed by atoms with Crippen molar-refractivity contribution >= 4 is 22.5 Å². The number of rotatable bonds is 5. The van der Waals surface area contributed by atoms with Crippen molar-refractivity contribution in [2.45, 2.75) is 19.9 Å². The number of phenols is 1. The van der Waals surface area contributed by atoms with E-state index in [-0.39, 0.29) is 39.7 Å². The third kappa shape index (κ3) is 3.08. The fourth-order valence-corrected chi connectivity index (χ4v) is 2.67. The van der Waals surface area contributed by atoms with Gasteiger partial charge in [-0.1, -0.05) is 13.8 Å². The largest absolute Gasteiger partial charge is 0.505 e. The van der Waals surface area contributed by atoms with E-state index in [1.54, 1.807) is 32.0 Å². The number of hydrogen-bond acceptors (Lipinski definition) is 6. The molecule has 3 aromatic rings. The van der Waals surface area contributed by atoms with Gasteiger partial charge in [-0.3, -0.25) is 19.9 Å². The van der Waals surface area contributed by atoms with Crippen LogP contribution in [0, 0.1) is 16.0 Å². The van der Waals surface area contributed by atoms with Crippen molar-refractivity contribution in [1.29, 1.82) is 0 Å². The Labute approximate surface area is 148 Å². The quantitative estimate of drug-likeness (QED) is 0.535. The second kappa shape index (κ2) is 6.83. The van der Waals surface area contributed by atoms with E-state index in [1.807, 2.05) is 0 Å². The number of fused-ring (bicyclic) bond motifs is 1. The van der Waals surface area contributed by atoms with Crippen molar-refractivity contribution in [2.75, 3.05) is 0 Å². The number of nitrogens with one attached hydrogen (secondary N) is 1. The standard InChI is InChI=1S/C18H17N3O5/c1-10(2)18(23)20-15(14-6-4-8-26-14)12-9-13(21(24)25)11-5-3-7-19-16(11)17(12)22/h3-10,15,22H,1-2H3,(H,20,23)/t15-/m1/s1. The van der Waals surface area contributed by atoms with Gasteiger partial charge in [-0.25, -0.2) is 0 Å². The number of aromatic nitrogens is 1. The number of carbonyl (C=O) groups is 1. The van der Waals surface area contributed by atoms with E-state index < -0.39 is 11.0 Å². The Kier molecular flexibility index (Phi) is 4.57. The third-order valence-electron chi connectivity index (χ3n) is 4.02. The Morgan fingerprint density at radius 3 is 2.73 bits per heavy atom. The molecule has 3 rings (SSSR count). The molecule has 0 saturated carbocycles. The van der Waals surface area contributed by atoms with Gasteiger partial charge < -0.3 is 14.8 Å². The number of pyridine rings is 1. The molecule has 2 aromatic heterocycles. The second-order valence-electron chi connectivity index (χ2n) is 6.10. The zero-order chi connectivity index (χ0) is 18.8. The number of amides is 1. The monoisotopic (exact) mass is 355 g/mol. The topological polar surface area (TPSA) is 118 Å². The summed E-state index contributed by atoms with van der Waals surface area (Å²) >= 11 is 0. The first-order chi connectivity index (χ1) is 12.4. The number of carbonyl (C=O) groups excluding carboxylic acids is 1. The SMILES string of the molecule is CC(C)C(=O)N[C@@H](c1ccco1)c1cc([N+](=O)[O-])c2cccnc2c1O. The summed E-state index contributed by atoms with van der Waals surface area (Å²) < 4.78 is 5.38. The number of phenolic OH excluding ortho intramolecular Hbond substituents is 1. The van der Waals surface area contributed by atoms with Gasteiger partial charge in [-0.05, 0) is 24.3 Å². The van der Waals surface area contributed by atoms with E-state index >= 15 is 0 Å². The molecule has 0 aliphatic heterocycles. The highest BCUT2D eigenvalue weighted by atomic mass is 16.6. The average Bonchev–Trinajstić information content (AvgIpc) is 3.14. The van der Waals surface area contributed by atoms with Gasteiger partial charge >= 0.3 is 0 Å². The molecule has 0 bridgehead atoms. The van der Waals surface area contributed by atoms with Gasteiger partial charge in [0, 0.05) is 23.7 Å². The van der Waals surface area contributed by atoms with Crippen LogP contribution in [0.3, 0.4) is 0 Å². The van der Waals surface area contributed by atoms with Crippen LogP contribution in [-0.4, -0.2) is 20.9 Å². The molecular weight excluding hydrogens is 338 g/mol. The number of benzene rings is 1. The molecular formula is C18H17N3O5. The van der Waals surface area contributed by atoms with E-state index in [2.05, 4.69) is 10.3 Å². The summed E-state index contributed by atoms with van der Waals surface area (Å²) in [5.41, 5.74) is 0.0233. The fraction of sp³-hybridized carbons (Fsp3) is 0.222. The highest BCUT2D eigenvalue weighted by Crippen LogP contribution is 2.39. The number of non-ortho nitro benzene ring substituents is 1. The lowest BCUT2D eigenvalue weighted by Crippen LogP contribution is -2.32. The third-order valence-corrected chi connectivity index (χ3v) is 4.02. The minimum absolute atomic E-state index is 0.0899. The number of nitrogens with zero attached hydrogens (tertiary/aromatic N) is 2. The summed E-state index contributed by atoms with van der Waals surface area (Å²) in [6.07, 6.45) is 2.86. The van der Waals surface area contributed by atoms with Crippen LogP contribution in [0.1, 0.15) is 31.2 Å². The highest BCUT2D eigenvalue weighted by molar-refractivity contribution is 5.93. The molecule has 26 heavy (non-hydrogen) atoms. The minimum Gasteiger partial charge on any atom is -0.505 e. The van der Waals surface area contributed by atoms with Crippen molar-refractivity contribution < 1.29 is 19.2 Å². The van der Waals surface area contributed by atoms with E-state index in [0.717, 1.165) is 0 Å². The van der Waals surface area contributed by atoms with Gasteiger partial charge in [0.1, 0.15) is 23.1 Å². The number of nitro benzene ring substituents is 1. The van der Waals surface area contributed by atoms with E-state index in [9.17, 15) is 20.0 Å². The van der Waals surface area contributed by atoms with Crippen LogP contribution < -0.4 is 5.32 Å². The summed E-state index contributed by atoms with van der Waals surface area (Å²) in [5.74, 6) is -0.492. The van der Waals surface area contributed by atoms with Crippen molar-refractivity contribution in [2.24, 2.45) is 5.92 Å². The van der Waals surface area contributed by atoms with Gasteiger partial charge in [-0.15, -0.1) is 0 Å². The molecule has 2 N–H and O–H groups in total. The molecule has 0 aliphatic carbocycles. The molecule has 0 aliphatic rings. The summed E-state index contributed by atoms with van der Waals surface area (Å²) in [6.45, 7) is 3.44. The summed E-state index contributed by atoms with van der Waals surface area (Å²) in [5, 5.41) is 25.2. The van der Waals surface area contributed by atoms with Gasteiger partial charge in [0.15, 0.2) is 0 Å². The molecule has 2 heterocycles. The molecule has 0 spiro atoms. The first-order valence-corrected chi connectivity index (χ1v) is 7.99. The minimum atomic E-state index is -0.884. The van der Waals surface area contributed by atoms with Gasteiger partial charge in [0.05, 0.1) is 16.6 Å². The Hall–Kier alpha value is -3.42. The zero-order valence-electron chi connectivity index (χ0n) is 14.2. The van der Waals surface area contributed by atoms with Gasteiger partial charge in [0.2, 0.25) is 5.91 Å². The molecule has 1 aromatic carbocycles. The average molecular weight is 355 g/mol. The van der Waals surface area contributed by atoms with Crippen molar-refractivity contribution in [3.8, 4) is 5.75 Å². The maximum absolute atomic E-state index is 12.2. The van der Waals surface area contributed by atoms with Crippen LogP contribution in [0.15, 0.2) is 47.2 Å². The van der Waals surface area contributed by atoms with E-state index in [1.165, 1.54) is 24.6 Å². The van der Waals surface area contributed by atoms with Crippen LogP contribution in [0.2, 0.25) is 0 Å². The van der Waals surface area contributed by atoms with Crippen LogP contribution >= 0.6 is 0 Å². The molecule has 134 valence electrons. The molecule has 0 unspecified atom stereocenters. The lowest BCUT2D eigenvalue weighted by molar-refractivity contribution is -0.383. The number of furan rings is 1. The van der Waals surface area contributed by atoms with E-state index in [0.29, 0.717) is 5.76 Å². The molecule has 1 atom stereocenters. The number of nitro groups is 1. The zero-order valence-corrected chi connectivity index (χ0v) is 14.2. The lowest BCUT2D eigenvalue weighted by Gasteiger charge is -2.20. The Balaban J connectivity index is 2.23. The highest BCUT2D eigenvalue weighted by Gasteiger charge is 2.28. The molecule has 1 amide bonds. The van der Waals surface area contributed by atoms with Crippen LogP contribution in [-0.2, 0) is 4.79 Å². The predicted octanol–water partition coefficient (Wildman–Crippen LogP) is 3.30. The summed E-state index contributed by atoms with van der Waals surface area (Å²) in [6, 6.07) is 6.68. The lowest BCUT2D eigenvalue weighted by atomic mass is 9.98. The summed E-state index contributed by atoms with van der Waals surface area (Å²) in [4.78, 5) is 27.3. The Morgan fingerprint density at radius 2 is 2.12 bits per heavy atom. The van der Waals surface area contributed by atoms with Crippen LogP contribution in [0.25, 0.3) is 10.9 Å². The summed E-state index contributed by atoms with van der Waals surface area (Å²) in [7, 11) is 0. The van der Waals surface area contributed by atoms with Gasteiger partial charge in [0.25, 0.3) is 5.69 Å². The predicted molar refractivity (Wildman–Crippen MR) is 93.6 cm³/mol. The molecule has 0 fully saturated rings. The first kappa shape index (κ1) is 17.4. The maximum atomic E-state index is 12.2. The second-order valence-corrected chi connectivity index (χ2v) is 6.10. The molecule has 0 radical (unpaired) electrons. The van der Waals surface area contributed by atoms with Crippen molar-refractivity contribution in [1.82, 2.24) is 10.3 Å². The number of hydrogen-bond donors (Lipinski definition) is 2. The fourth-order valence-electron chi connectivity index (χ4n) is 2.67. The van der Waals surface area contributed by atoms with E-state index in [4.69, 9.17) is 4.42 Å². The Morgan fingerprint density at radius 1 is 1.35 bits per heavy atom. The smallest absolute Gasteiger partial charge is 0.279 e. The normalized spacial score (nSPS) is 12.3. The molecule has 0 saturated heterocycles. The number of aromatic hydroxyl groups is 1. The van der Waals surface area contributed by atoms with Crippen LogP contribution in [0.4, 0.5) is 5.69 Å². The Bertz CT molecular complexity index is 966. The molecule has 8 nitrogen and oxygen atoms in total. The molecule has 8 heteroatoms. The van der Waals surface area contributed by atoms with Crippen molar-refractivity contribution in [3.05, 3.63) is 64.2 Å². The van der Waals surface area contributed by atoms with Crippen LogP contribution in [0.5, 0.6) is 5.75 Å². The van der Waals surface area contributed by atoms with Crippen molar-refractivity contribution in [3.63, 3.8) is 0 Å². The first-order valence-electron chi connectivity index (χ1n) is 7.99.